The summed E-state index contributed by atoms with van der Waals surface area (Å²) in [6.45, 7) is 4.04. The molecule has 0 radical (unpaired) electrons. The second-order valence-corrected chi connectivity index (χ2v) is 5.03. The van der Waals surface area contributed by atoms with Crippen LogP contribution >= 0.6 is 0 Å². The van der Waals surface area contributed by atoms with E-state index in [4.69, 9.17) is 10.5 Å². The van der Waals surface area contributed by atoms with E-state index < -0.39 is 0 Å². The SMILES string of the molecule is CCC(N)Cc1ccc(C)c(Oc2cccc(F)c2)c1. The van der Waals surface area contributed by atoms with Crippen LogP contribution in [0.4, 0.5) is 4.39 Å². The molecule has 0 aliphatic heterocycles. The molecule has 20 heavy (non-hydrogen) atoms. The molecule has 0 heterocycles. The Morgan fingerprint density at radius 2 is 2.00 bits per heavy atom. The Morgan fingerprint density at radius 3 is 2.70 bits per heavy atom. The van der Waals surface area contributed by atoms with Crippen molar-refractivity contribution in [3.63, 3.8) is 0 Å². The third-order valence-electron chi connectivity index (χ3n) is 3.30. The van der Waals surface area contributed by atoms with E-state index in [1.807, 2.05) is 19.1 Å². The van der Waals surface area contributed by atoms with Crippen molar-refractivity contribution < 1.29 is 9.13 Å². The van der Waals surface area contributed by atoms with Gasteiger partial charge < -0.3 is 10.5 Å². The molecule has 0 saturated carbocycles. The summed E-state index contributed by atoms with van der Waals surface area (Å²) in [6, 6.07) is 12.4. The van der Waals surface area contributed by atoms with Gasteiger partial charge in [-0.05, 0) is 49.1 Å². The van der Waals surface area contributed by atoms with Crippen LogP contribution in [0.15, 0.2) is 42.5 Å². The highest BCUT2D eigenvalue weighted by Gasteiger charge is 2.07. The Balaban J connectivity index is 2.20. The van der Waals surface area contributed by atoms with Gasteiger partial charge in [0, 0.05) is 12.1 Å². The van der Waals surface area contributed by atoms with Gasteiger partial charge >= 0.3 is 0 Å². The van der Waals surface area contributed by atoms with E-state index in [1.54, 1.807) is 12.1 Å². The highest BCUT2D eigenvalue weighted by molar-refractivity contribution is 5.40. The zero-order valence-electron chi connectivity index (χ0n) is 11.9. The predicted molar refractivity (Wildman–Crippen MR) is 79.6 cm³/mol. The normalized spacial score (nSPS) is 12.2. The van der Waals surface area contributed by atoms with Crippen LogP contribution in [0.2, 0.25) is 0 Å². The summed E-state index contributed by atoms with van der Waals surface area (Å²) in [7, 11) is 0. The second kappa shape index (κ2) is 6.53. The van der Waals surface area contributed by atoms with E-state index in [9.17, 15) is 4.39 Å². The van der Waals surface area contributed by atoms with Crippen molar-refractivity contribution in [2.45, 2.75) is 32.7 Å². The van der Waals surface area contributed by atoms with Gasteiger partial charge in [-0.15, -0.1) is 0 Å². The van der Waals surface area contributed by atoms with Crippen molar-refractivity contribution in [3.8, 4) is 11.5 Å². The van der Waals surface area contributed by atoms with Crippen molar-refractivity contribution in [1.29, 1.82) is 0 Å². The average molecular weight is 273 g/mol. The van der Waals surface area contributed by atoms with Gasteiger partial charge in [-0.25, -0.2) is 4.39 Å². The summed E-state index contributed by atoms with van der Waals surface area (Å²) in [5.74, 6) is 0.950. The standard InChI is InChI=1S/C17H20FNO/c1-3-15(19)9-13-8-7-12(2)17(10-13)20-16-6-4-5-14(18)11-16/h4-8,10-11,15H,3,9,19H2,1-2H3. The zero-order valence-corrected chi connectivity index (χ0v) is 11.9. The third-order valence-corrected chi connectivity index (χ3v) is 3.30. The Kier molecular flexibility index (Phi) is 4.74. The maximum Gasteiger partial charge on any atom is 0.130 e. The lowest BCUT2D eigenvalue weighted by Crippen LogP contribution is -2.21. The highest BCUT2D eigenvalue weighted by atomic mass is 19.1. The van der Waals surface area contributed by atoms with Crippen molar-refractivity contribution in [2.24, 2.45) is 5.73 Å². The molecule has 0 saturated heterocycles. The van der Waals surface area contributed by atoms with Crippen molar-refractivity contribution in [1.82, 2.24) is 0 Å². The fourth-order valence-corrected chi connectivity index (χ4v) is 1.99. The molecule has 2 N–H and O–H groups in total. The van der Waals surface area contributed by atoms with Crippen molar-refractivity contribution in [2.75, 3.05) is 0 Å². The fourth-order valence-electron chi connectivity index (χ4n) is 1.99. The summed E-state index contributed by atoms with van der Waals surface area (Å²) >= 11 is 0. The molecule has 0 fully saturated rings. The summed E-state index contributed by atoms with van der Waals surface area (Å²) in [6.07, 6.45) is 1.75. The number of rotatable bonds is 5. The molecular formula is C17H20FNO. The average Bonchev–Trinajstić information content (AvgIpc) is 2.42. The van der Waals surface area contributed by atoms with Gasteiger partial charge in [0.25, 0.3) is 0 Å². The molecule has 106 valence electrons. The van der Waals surface area contributed by atoms with Crippen LogP contribution in [0.5, 0.6) is 11.5 Å². The second-order valence-electron chi connectivity index (χ2n) is 5.03. The molecule has 2 aromatic carbocycles. The topological polar surface area (TPSA) is 35.2 Å². The molecule has 0 spiro atoms. The number of aryl methyl sites for hydroxylation is 1. The Hall–Kier alpha value is -1.87. The van der Waals surface area contributed by atoms with Crippen LogP contribution in [0, 0.1) is 12.7 Å². The Labute approximate surface area is 119 Å². The number of halogens is 1. The molecule has 2 nitrogen and oxygen atoms in total. The maximum atomic E-state index is 13.2. The molecule has 1 atom stereocenters. The minimum absolute atomic E-state index is 0.153. The lowest BCUT2D eigenvalue weighted by molar-refractivity contribution is 0.472. The van der Waals surface area contributed by atoms with Gasteiger partial charge in [0.1, 0.15) is 17.3 Å². The molecule has 3 heteroatoms. The first-order valence-electron chi connectivity index (χ1n) is 6.87. The summed E-state index contributed by atoms with van der Waals surface area (Å²) in [5, 5.41) is 0. The lowest BCUT2D eigenvalue weighted by Gasteiger charge is -2.13. The molecule has 0 aliphatic rings. The number of benzene rings is 2. The first kappa shape index (κ1) is 14.5. The maximum absolute atomic E-state index is 13.2. The number of nitrogens with two attached hydrogens (primary N) is 1. The van der Waals surface area contributed by atoms with Crippen LogP contribution in [0.25, 0.3) is 0 Å². The molecule has 0 bridgehead atoms. The minimum atomic E-state index is -0.302. The number of hydrogen-bond acceptors (Lipinski definition) is 2. The van der Waals surface area contributed by atoms with E-state index in [2.05, 4.69) is 13.0 Å². The smallest absolute Gasteiger partial charge is 0.130 e. The molecule has 0 amide bonds. The Bertz CT molecular complexity index is 583. The third kappa shape index (κ3) is 3.81. The summed E-state index contributed by atoms with van der Waals surface area (Å²) in [4.78, 5) is 0. The molecular weight excluding hydrogens is 253 g/mol. The first-order chi connectivity index (χ1) is 9.58. The van der Waals surface area contributed by atoms with Crippen LogP contribution < -0.4 is 10.5 Å². The van der Waals surface area contributed by atoms with Gasteiger partial charge in [0.15, 0.2) is 0 Å². The molecule has 0 aromatic heterocycles. The van der Waals surface area contributed by atoms with E-state index in [0.29, 0.717) is 5.75 Å². The zero-order chi connectivity index (χ0) is 14.5. The van der Waals surface area contributed by atoms with E-state index >= 15 is 0 Å². The number of ether oxygens (including phenoxy) is 1. The van der Waals surface area contributed by atoms with Gasteiger partial charge in [-0.2, -0.15) is 0 Å². The number of hydrogen-bond donors (Lipinski definition) is 1. The summed E-state index contributed by atoms with van der Waals surface area (Å²) in [5.41, 5.74) is 8.13. The van der Waals surface area contributed by atoms with Gasteiger partial charge in [-0.3, -0.25) is 0 Å². The fraction of sp³-hybridized carbons (Fsp3) is 0.294. The predicted octanol–water partition coefficient (Wildman–Crippen LogP) is 4.21. The van der Waals surface area contributed by atoms with E-state index in [1.165, 1.54) is 12.1 Å². The van der Waals surface area contributed by atoms with Crippen LogP contribution in [0.3, 0.4) is 0 Å². The molecule has 1 unspecified atom stereocenters. The Morgan fingerprint density at radius 1 is 1.20 bits per heavy atom. The molecule has 2 rings (SSSR count). The van der Waals surface area contributed by atoms with E-state index in [0.717, 1.165) is 29.7 Å². The lowest BCUT2D eigenvalue weighted by atomic mass is 10.0. The van der Waals surface area contributed by atoms with Crippen molar-refractivity contribution >= 4 is 0 Å². The van der Waals surface area contributed by atoms with Crippen molar-refractivity contribution in [3.05, 3.63) is 59.4 Å². The van der Waals surface area contributed by atoms with Gasteiger partial charge in [0.05, 0.1) is 0 Å². The monoisotopic (exact) mass is 273 g/mol. The molecule has 2 aromatic rings. The minimum Gasteiger partial charge on any atom is -0.457 e. The van der Waals surface area contributed by atoms with Gasteiger partial charge in [-0.1, -0.05) is 25.1 Å². The highest BCUT2D eigenvalue weighted by Crippen LogP contribution is 2.27. The first-order valence-corrected chi connectivity index (χ1v) is 6.87. The van der Waals surface area contributed by atoms with Crippen LogP contribution in [-0.4, -0.2) is 6.04 Å². The van der Waals surface area contributed by atoms with Crippen LogP contribution in [0.1, 0.15) is 24.5 Å². The van der Waals surface area contributed by atoms with Gasteiger partial charge in [0.2, 0.25) is 0 Å². The largest absolute Gasteiger partial charge is 0.457 e. The molecule has 0 aliphatic carbocycles. The van der Waals surface area contributed by atoms with E-state index in [-0.39, 0.29) is 11.9 Å². The quantitative estimate of drug-likeness (QED) is 0.885. The summed E-state index contributed by atoms with van der Waals surface area (Å²) < 4.78 is 18.9. The van der Waals surface area contributed by atoms with Crippen LogP contribution in [-0.2, 0) is 6.42 Å².